The number of rotatable bonds is 8. The number of benzene rings is 3. The van der Waals surface area contributed by atoms with Crippen molar-refractivity contribution in [3.05, 3.63) is 89.7 Å². The minimum Gasteiger partial charge on any atom is -0.465 e. The molecule has 0 unspecified atom stereocenters. The topological polar surface area (TPSA) is 78.6 Å². The van der Waals surface area contributed by atoms with Crippen LogP contribution in [0.5, 0.6) is 0 Å². The van der Waals surface area contributed by atoms with Gasteiger partial charge in [0.05, 0.1) is 23.9 Å². The number of ether oxygens (including phenoxy) is 2. The summed E-state index contributed by atoms with van der Waals surface area (Å²) < 4.78 is 30.3. The Morgan fingerprint density at radius 1 is 0.929 bits per heavy atom. The number of para-hydroxylation sites is 1. The van der Waals surface area contributed by atoms with Gasteiger partial charge in [0.1, 0.15) is 17.9 Å². The average molecular weight is 567 g/mol. The van der Waals surface area contributed by atoms with Crippen molar-refractivity contribution in [2.45, 2.75) is 32.5 Å². The van der Waals surface area contributed by atoms with Crippen LogP contribution in [0.15, 0.2) is 72.8 Å². The number of halogens is 1. The van der Waals surface area contributed by atoms with E-state index in [0.717, 1.165) is 28.7 Å². The molecule has 2 aliphatic rings. The number of hydrogen-bond acceptors (Lipinski definition) is 5. The van der Waals surface area contributed by atoms with Crippen molar-refractivity contribution in [2.75, 3.05) is 20.2 Å². The molecule has 3 aromatic carbocycles. The highest BCUT2D eigenvalue weighted by molar-refractivity contribution is 5.95. The third-order valence-corrected chi connectivity index (χ3v) is 8.25. The van der Waals surface area contributed by atoms with Crippen molar-refractivity contribution in [3.63, 3.8) is 0 Å². The van der Waals surface area contributed by atoms with Crippen molar-refractivity contribution in [1.82, 2.24) is 19.0 Å². The fraction of sp³-hybridized carbons (Fsp3) is 0.303. The van der Waals surface area contributed by atoms with Crippen LogP contribution >= 0.6 is 0 Å². The molecule has 7 rings (SSSR count). The van der Waals surface area contributed by atoms with Gasteiger partial charge in [-0.2, -0.15) is 0 Å². The SMILES string of the molecule is COC(=O)c1cc(F)c2c(c1)nc(-c1cc3ccccc3n1CC1CC1)n2CC1CN(C(=O)OCc2ccccc2)C1. The quantitative estimate of drug-likeness (QED) is 0.207. The molecular weight excluding hydrogens is 535 g/mol. The predicted molar refractivity (Wildman–Crippen MR) is 156 cm³/mol. The van der Waals surface area contributed by atoms with Crippen LogP contribution in [-0.4, -0.2) is 51.3 Å². The summed E-state index contributed by atoms with van der Waals surface area (Å²) in [5.74, 6) is 0.203. The number of likely N-dealkylation sites (tertiary alicyclic amines) is 1. The molecule has 9 heteroatoms. The fourth-order valence-corrected chi connectivity index (χ4v) is 5.88. The maximum Gasteiger partial charge on any atom is 0.410 e. The molecule has 1 aliphatic heterocycles. The Hall–Kier alpha value is -4.66. The summed E-state index contributed by atoms with van der Waals surface area (Å²) in [5, 5.41) is 1.10. The van der Waals surface area contributed by atoms with E-state index in [2.05, 4.69) is 22.8 Å². The van der Waals surface area contributed by atoms with Crippen molar-refractivity contribution in [1.29, 1.82) is 0 Å². The highest BCUT2D eigenvalue weighted by Crippen LogP contribution is 2.37. The Morgan fingerprint density at radius 2 is 1.67 bits per heavy atom. The van der Waals surface area contributed by atoms with Crippen LogP contribution in [0.1, 0.15) is 28.8 Å². The van der Waals surface area contributed by atoms with Gasteiger partial charge in [-0.15, -0.1) is 0 Å². The van der Waals surface area contributed by atoms with E-state index in [-0.39, 0.29) is 24.2 Å². The number of amides is 1. The molecule has 214 valence electrons. The highest BCUT2D eigenvalue weighted by Gasteiger charge is 2.34. The second-order valence-corrected chi connectivity index (χ2v) is 11.3. The lowest BCUT2D eigenvalue weighted by molar-refractivity contribution is 0.0451. The molecule has 2 fully saturated rings. The molecule has 1 saturated heterocycles. The molecule has 1 aliphatic carbocycles. The second kappa shape index (κ2) is 10.6. The molecular formula is C33H31FN4O4. The molecule has 42 heavy (non-hydrogen) atoms. The molecule has 0 N–H and O–H groups in total. The molecule has 0 radical (unpaired) electrons. The summed E-state index contributed by atoms with van der Waals surface area (Å²) in [4.78, 5) is 31.5. The van der Waals surface area contributed by atoms with E-state index in [0.29, 0.717) is 42.4 Å². The zero-order chi connectivity index (χ0) is 28.8. The first-order valence-corrected chi connectivity index (χ1v) is 14.3. The number of hydrogen-bond donors (Lipinski definition) is 0. The number of esters is 1. The average Bonchev–Trinajstić information content (AvgIpc) is 3.63. The van der Waals surface area contributed by atoms with Gasteiger partial charge in [0.25, 0.3) is 0 Å². The summed E-state index contributed by atoms with van der Waals surface area (Å²) in [6.45, 7) is 2.55. The molecule has 0 spiro atoms. The number of nitrogens with zero attached hydrogens (tertiary/aromatic N) is 4. The van der Waals surface area contributed by atoms with Gasteiger partial charge in [-0.25, -0.2) is 19.0 Å². The summed E-state index contributed by atoms with van der Waals surface area (Å²) >= 11 is 0. The van der Waals surface area contributed by atoms with Gasteiger partial charge in [0, 0.05) is 43.0 Å². The molecule has 0 atom stereocenters. The van der Waals surface area contributed by atoms with Gasteiger partial charge < -0.3 is 23.5 Å². The van der Waals surface area contributed by atoms with Gasteiger partial charge >= 0.3 is 12.1 Å². The van der Waals surface area contributed by atoms with E-state index in [1.54, 1.807) is 11.0 Å². The Bertz CT molecular complexity index is 1800. The minimum absolute atomic E-state index is 0.0892. The summed E-state index contributed by atoms with van der Waals surface area (Å²) in [6.07, 6.45) is 2.03. The second-order valence-electron chi connectivity index (χ2n) is 11.3. The van der Waals surface area contributed by atoms with E-state index >= 15 is 4.39 Å². The van der Waals surface area contributed by atoms with Gasteiger partial charge in [-0.3, -0.25) is 0 Å². The zero-order valence-corrected chi connectivity index (χ0v) is 23.3. The lowest BCUT2D eigenvalue weighted by Crippen LogP contribution is -2.51. The number of fused-ring (bicyclic) bond motifs is 2. The zero-order valence-electron chi connectivity index (χ0n) is 23.3. The van der Waals surface area contributed by atoms with E-state index in [4.69, 9.17) is 14.5 Å². The first kappa shape index (κ1) is 26.3. The summed E-state index contributed by atoms with van der Waals surface area (Å²) in [6, 6.07) is 22.7. The lowest BCUT2D eigenvalue weighted by Gasteiger charge is -2.38. The van der Waals surface area contributed by atoms with Crippen LogP contribution in [0.25, 0.3) is 33.5 Å². The number of carbonyl (C=O) groups is 2. The molecule has 5 aromatic rings. The van der Waals surface area contributed by atoms with Crippen LogP contribution in [0.4, 0.5) is 9.18 Å². The van der Waals surface area contributed by atoms with Crippen molar-refractivity contribution < 1.29 is 23.5 Å². The Labute approximate surface area is 242 Å². The third-order valence-electron chi connectivity index (χ3n) is 8.25. The van der Waals surface area contributed by atoms with E-state index in [9.17, 15) is 9.59 Å². The summed E-state index contributed by atoms with van der Waals surface area (Å²) in [7, 11) is 1.28. The molecule has 0 bridgehead atoms. The van der Waals surface area contributed by atoms with Gasteiger partial charge in [0.2, 0.25) is 0 Å². The third kappa shape index (κ3) is 4.89. The largest absolute Gasteiger partial charge is 0.465 e. The fourth-order valence-electron chi connectivity index (χ4n) is 5.88. The predicted octanol–water partition coefficient (Wildman–Crippen LogP) is 6.26. The van der Waals surface area contributed by atoms with Crippen LogP contribution in [0.3, 0.4) is 0 Å². The van der Waals surface area contributed by atoms with Crippen LogP contribution in [0, 0.1) is 17.7 Å². The number of aromatic nitrogens is 3. The Morgan fingerprint density at radius 3 is 2.43 bits per heavy atom. The molecule has 8 nitrogen and oxygen atoms in total. The maximum absolute atomic E-state index is 15.7. The normalized spacial score (nSPS) is 15.2. The van der Waals surface area contributed by atoms with Gasteiger partial charge in [-0.1, -0.05) is 48.5 Å². The molecule has 1 amide bonds. The van der Waals surface area contributed by atoms with E-state index in [1.165, 1.54) is 26.0 Å². The molecule has 3 heterocycles. The Balaban J connectivity index is 1.22. The first-order valence-electron chi connectivity index (χ1n) is 14.3. The monoisotopic (exact) mass is 566 g/mol. The van der Waals surface area contributed by atoms with Gasteiger partial charge in [0.15, 0.2) is 5.82 Å². The van der Waals surface area contributed by atoms with Crippen LogP contribution in [-0.2, 0) is 29.2 Å². The summed E-state index contributed by atoms with van der Waals surface area (Å²) in [5.41, 5.74) is 3.81. The number of methoxy groups -OCH3 is 1. The van der Waals surface area contributed by atoms with E-state index < -0.39 is 11.8 Å². The molecule has 2 aromatic heterocycles. The Kier molecular flexibility index (Phi) is 6.64. The van der Waals surface area contributed by atoms with Gasteiger partial charge in [-0.05, 0) is 48.6 Å². The van der Waals surface area contributed by atoms with Crippen molar-refractivity contribution in [2.24, 2.45) is 11.8 Å². The lowest BCUT2D eigenvalue weighted by atomic mass is 10.0. The first-order chi connectivity index (χ1) is 20.5. The standard InChI is InChI=1S/C33H31FN4O4/c1-41-32(39)25-13-26(34)30-27(14-25)35-31(29-15-24-9-5-6-10-28(24)37(29)18-21-11-12-21)38(30)19-23-16-36(17-23)33(40)42-20-22-7-3-2-4-8-22/h2-10,13-15,21,23H,11-12,16-20H2,1H3. The van der Waals surface area contributed by atoms with Crippen LogP contribution in [0.2, 0.25) is 0 Å². The molecule has 1 saturated carbocycles. The minimum atomic E-state index is -0.613. The van der Waals surface area contributed by atoms with Crippen molar-refractivity contribution >= 4 is 34.0 Å². The number of carbonyl (C=O) groups excluding carboxylic acids is 2. The van der Waals surface area contributed by atoms with E-state index in [1.807, 2.05) is 47.0 Å². The van der Waals surface area contributed by atoms with Crippen LogP contribution < -0.4 is 0 Å². The van der Waals surface area contributed by atoms with Crippen molar-refractivity contribution in [3.8, 4) is 11.5 Å². The smallest absolute Gasteiger partial charge is 0.410 e. The maximum atomic E-state index is 15.7. The number of imidazole rings is 1. The highest BCUT2D eigenvalue weighted by atomic mass is 19.1.